The fraction of sp³-hybridized carbons (Fsp3) is 0.550. The molecule has 6 nitrogen and oxygen atoms in total. The summed E-state index contributed by atoms with van der Waals surface area (Å²) in [6, 6.07) is 10.5. The number of nitrogens with zero attached hydrogens (tertiary/aromatic N) is 4. The minimum Gasteiger partial charge on any atom is -0.380 e. The van der Waals surface area contributed by atoms with Gasteiger partial charge in [0.05, 0.1) is 26.0 Å². The summed E-state index contributed by atoms with van der Waals surface area (Å²) in [4.78, 5) is 14.8. The first-order valence-corrected chi connectivity index (χ1v) is 9.42. The summed E-state index contributed by atoms with van der Waals surface area (Å²) in [6.07, 6.45) is 5.03. The summed E-state index contributed by atoms with van der Waals surface area (Å²) in [6.45, 7) is 5.99. The third kappa shape index (κ3) is 3.80. The smallest absolute Gasteiger partial charge is 0.276 e. The molecule has 26 heavy (non-hydrogen) atoms. The Morgan fingerprint density at radius 2 is 2.12 bits per heavy atom. The lowest BCUT2D eigenvalue weighted by atomic mass is 9.89. The average molecular weight is 354 g/mol. The number of benzene rings is 1. The van der Waals surface area contributed by atoms with Crippen molar-refractivity contribution < 1.29 is 9.53 Å². The molecule has 6 heteroatoms. The van der Waals surface area contributed by atoms with E-state index in [9.17, 15) is 4.79 Å². The molecule has 0 bridgehead atoms. The van der Waals surface area contributed by atoms with Crippen molar-refractivity contribution in [2.45, 2.75) is 32.7 Å². The molecule has 2 aliphatic rings. The Morgan fingerprint density at radius 3 is 2.85 bits per heavy atom. The number of aromatic nitrogens is 3. The van der Waals surface area contributed by atoms with Gasteiger partial charge in [-0.3, -0.25) is 9.48 Å². The van der Waals surface area contributed by atoms with Crippen molar-refractivity contribution in [1.29, 1.82) is 0 Å². The van der Waals surface area contributed by atoms with Crippen LogP contribution in [0.15, 0.2) is 36.5 Å². The number of ether oxygens (including phenoxy) is 1. The molecule has 2 aliphatic heterocycles. The van der Waals surface area contributed by atoms with Gasteiger partial charge in [0.2, 0.25) is 0 Å². The number of carbonyl (C=O) groups is 1. The second-order valence-corrected chi connectivity index (χ2v) is 8.05. The summed E-state index contributed by atoms with van der Waals surface area (Å²) in [7, 11) is 0. The Bertz CT molecular complexity index is 754. The zero-order valence-electron chi connectivity index (χ0n) is 15.3. The first-order chi connectivity index (χ1) is 12.6. The molecule has 138 valence electrons. The van der Waals surface area contributed by atoms with Crippen molar-refractivity contribution in [2.75, 3.05) is 26.3 Å². The molecule has 1 aromatic carbocycles. The van der Waals surface area contributed by atoms with Crippen molar-refractivity contribution in [2.24, 2.45) is 11.3 Å². The lowest BCUT2D eigenvalue weighted by molar-refractivity contribution is -0.111. The highest BCUT2D eigenvalue weighted by molar-refractivity contribution is 5.92. The van der Waals surface area contributed by atoms with E-state index in [1.54, 1.807) is 10.9 Å². The minimum atomic E-state index is 0.00373. The number of amides is 1. The van der Waals surface area contributed by atoms with E-state index in [1.807, 2.05) is 11.0 Å². The molecular weight excluding hydrogens is 328 g/mol. The lowest BCUT2D eigenvalue weighted by Gasteiger charge is -2.37. The highest BCUT2D eigenvalue weighted by Gasteiger charge is 2.34. The standard InChI is InChI=1S/C20H26N4O2/c1-20(14-26-15-20)13-24-12-18(21-22-24)19(25)23-9-5-8-17(11-23)10-16-6-3-2-4-7-16/h2-4,6-7,12,17H,5,8-11,13-15H2,1H3. The van der Waals surface area contributed by atoms with Gasteiger partial charge in [0.25, 0.3) is 5.91 Å². The molecule has 0 N–H and O–H groups in total. The van der Waals surface area contributed by atoms with Gasteiger partial charge in [0, 0.05) is 18.5 Å². The Kier molecular flexibility index (Phi) is 4.76. The van der Waals surface area contributed by atoms with E-state index in [-0.39, 0.29) is 11.3 Å². The van der Waals surface area contributed by atoms with Crippen LogP contribution >= 0.6 is 0 Å². The number of piperidine rings is 1. The van der Waals surface area contributed by atoms with E-state index >= 15 is 0 Å². The molecule has 1 aromatic heterocycles. The highest BCUT2D eigenvalue weighted by atomic mass is 16.5. The minimum absolute atomic E-state index is 0.00373. The molecule has 1 amide bonds. The average Bonchev–Trinajstić information content (AvgIpc) is 3.09. The predicted molar refractivity (Wildman–Crippen MR) is 97.7 cm³/mol. The van der Waals surface area contributed by atoms with E-state index in [0.717, 1.165) is 45.7 Å². The Morgan fingerprint density at radius 1 is 1.31 bits per heavy atom. The molecule has 2 aromatic rings. The maximum Gasteiger partial charge on any atom is 0.276 e. The van der Waals surface area contributed by atoms with Crippen LogP contribution in [-0.4, -0.2) is 52.1 Å². The van der Waals surface area contributed by atoms with Crippen LogP contribution in [0.25, 0.3) is 0 Å². The van der Waals surface area contributed by atoms with Gasteiger partial charge in [0.1, 0.15) is 0 Å². The third-order valence-electron chi connectivity index (χ3n) is 5.38. The van der Waals surface area contributed by atoms with Crippen molar-refractivity contribution >= 4 is 5.91 Å². The molecule has 0 aliphatic carbocycles. The topological polar surface area (TPSA) is 60.2 Å². The fourth-order valence-electron chi connectivity index (χ4n) is 3.93. The van der Waals surface area contributed by atoms with E-state index < -0.39 is 0 Å². The van der Waals surface area contributed by atoms with Gasteiger partial charge in [0.15, 0.2) is 5.69 Å². The number of likely N-dealkylation sites (tertiary alicyclic amines) is 1. The van der Waals surface area contributed by atoms with Crippen LogP contribution < -0.4 is 0 Å². The second-order valence-electron chi connectivity index (χ2n) is 8.05. The van der Waals surface area contributed by atoms with Gasteiger partial charge in [-0.1, -0.05) is 42.5 Å². The van der Waals surface area contributed by atoms with Gasteiger partial charge in [-0.05, 0) is 30.7 Å². The summed E-state index contributed by atoms with van der Waals surface area (Å²) >= 11 is 0. The van der Waals surface area contributed by atoms with Gasteiger partial charge < -0.3 is 9.64 Å². The molecule has 1 unspecified atom stereocenters. The van der Waals surface area contributed by atoms with Crippen LogP contribution in [0.4, 0.5) is 0 Å². The molecule has 2 fully saturated rings. The van der Waals surface area contributed by atoms with Crippen LogP contribution in [0.2, 0.25) is 0 Å². The Labute approximate surface area is 154 Å². The Balaban J connectivity index is 1.37. The maximum atomic E-state index is 12.8. The van der Waals surface area contributed by atoms with Crippen molar-refractivity contribution in [1.82, 2.24) is 19.9 Å². The lowest BCUT2D eigenvalue weighted by Crippen LogP contribution is -2.43. The number of hydrogen-bond acceptors (Lipinski definition) is 4. The van der Waals surface area contributed by atoms with Crippen molar-refractivity contribution in [3.8, 4) is 0 Å². The molecule has 4 rings (SSSR count). The van der Waals surface area contributed by atoms with Crippen molar-refractivity contribution in [3.05, 3.63) is 47.8 Å². The SMILES string of the molecule is CC1(Cn2cc(C(=O)N3CCCC(Cc4ccccc4)C3)nn2)COC1. The molecule has 3 heterocycles. The Hall–Kier alpha value is -2.21. The van der Waals surface area contributed by atoms with E-state index in [2.05, 4.69) is 41.5 Å². The van der Waals surface area contributed by atoms with Crippen LogP contribution in [-0.2, 0) is 17.7 Å². The molecule has 0 spiro atoms. The van der Waals surface area contributed by atoms with Gasteiger partial charge >= 0.3 is 0 Å². The van der Waals surface area contributed by atoms with Crippen LogP contribution in [0.1, 0.15) is 35.8 Å². The predicted octanol–water partition coefficient (Wildman–Crippen LogP) is 2.41. The summed E-state index contributed by atoms with van der Waals surface area (Å²) in [5.74, 6) is 0.514. The fourth-order valence-corrected chi connectivity index (χ4v) is 3.93. The zero-order chi connectivity index (χ0) is 18.0. The molecule has 1 atom stereocenters. The zero-order valence-corrected chi connectivity index (χ0v) is 15.3. The van der Waals surface area contributed by atoms with Gasteiger partial charge in [-0.2, -0.15) is 0 Å². The largest absolute Gasteiger partial charge is 0.380 e. The summed E-state index contributed by atoms with van der Waals surface area (Å²) in [5.41, 5.74) is 1.91. The molecule has 0 saturated carbocycles. The van der Waals surface area contributed by atoms with E-state index in [1.165, 1.54) is 12.0 Å². The van der Waals surface area contributed by atoms with Gasteiger partial charge in [-0.25, -0.2) is 0 Å². The van der Waals surface area contributed by atoms with E-state index in [0.29, 0.717) is 11.6 Å². The first kappa shape index (κ1) is 17.2. The van der Waals surface area contributed by atoms with Crippen LogP contribution in [0, 0.1) is 11.3 Å². The third-order valence-corrected chi connectivity index (χ3v) is 5.38. The summed E-state index contributed by atoms with van der Waals surface area (Å²) in [5, 5.41) is 8.27. The molecule has 0 radical (unpaired) electrons. The number of hydrogen-bond donors (Lipinski definition) is 0. The van der Waals surface area contributed by atoms with Gasteiger partial charge in [-0.15, -0.1) is 5.10 Å². The normalized spacial score (nSPS) is 22.0. The summed E-state index contributed by atoms with van der Waals surface area (Å²) < 4.78 is 7.06. The molecule has 2 saturated heterocycles. The van der Waals surface area contributed by atoms with Crippen LogP contribution in [0.5, 0.6) is 0 Å². The molecular formula is C20H26N4O2. The van der Waals surface area contributed by atoms with Crippen molar-refractivity contribution in [3.63, 3.8) is 0 Å². The quantitative estimate of drug-likeness (QED) is 0.827. The highest BCUT2D eigenvalue weighted by Crippen LogP contribution is 2.28. The maximum absolute atomic E-state index is 12.8. The van der Waals surface area contributed by atoms with E-state index in [4.69, 9.17) is 4.74 Å². The van der Waals surface area contributed by atoms with Crippen LogP contribution in [0.3, 0.4) is 0 Å². The monoisotopic (exact) mass is 354 g/mol. The second kappa shape index (κ2) is 7.19. The first-order valence-electron chi connectivity index (χ1n) is 9.42. The number of carbonyl (C=O) groups excluding carboxylic acids is 1. The number of rotatable bonds is 5.